The van der Waals surface area contributed by atoms with Crippen molar-refractivity contribution in [2.45, 2.75) is 25.7 Å². The van der Waals surface area contributed by atoms with Crippen LogP contribution in [0.4, 0.5) is 0 Å². The topological polar surface area (TPSA) is 89.2 Å². The first-order chi connectivity index (χ1) is 12.8. The molecule has 0 spiro atoms. The molecule has 2 aromatic carbocycles. The molecule has 0 aliphatic rings. The molecule has 0 aliphatic heterocycles. The average Bonchev–Trinajstić information content (AvgIpc) is 3.05. The molecule has 0 unspecified atom stereocenters. The second-order valence-corrected chi connectivity index (χ2v) is 8.75. The normalized spacial score (nSPS) is 12.7. The van der Waals surface area contributed by atoms with E-state index in [2.05, 4.69) is 34.4 Å². The lowest BCUT2D eigenvalue weighted by Gasteiger charge is -2.11. The molecule has 0 saturated heterocycles. The summed E-state index contributed by atoms with van der Waals surface area (Å²) in [6, 6.07) is 14.2. The molecule has 0 aliphatic carbocycles. The standard InChI is InChI=1S/C19H23N5O2S/c1-14(2)12-20-19(24-22-17-6-4-5-7-18(17)23-24)21-13-27(25,26)16-10-8-15(3)9-11-16/h4-11,14H,12-13H2,1-3H3,(H,20,21). The van der Waals surface area contributed by atoms with Crippen LogP contribution in [0.1, 0.15) is 19.4 Å². The number of nitrogens with zero attached hydrogens (tertiary/aromatic N) is 4. The fourth-order valence-corrected chi connectivity index (χ4v) is 3.40. The number of sulfone groups is 1. The Morgan fingerprint density at radius 1 is 1.07 bits per heavy atom. The van der Waals surface area contributed by atoms with E-state index in [9.17, 15) is 8.42 Å². The molecule has 27 heavy (non-hydrogen) atoms. The summed E-state index contributed by atoms with van der Waals surface area (Å²) in [6.45, 7) is 6.65. The molecule has 3 rings (SSSR count). The van der Waals surface area contributed by atoms with E-state index in [1.54, 1.807) is 24.3 Å². The van der Waals surface area contributed by atoms with Crippen LogP contribution < -0.4 is 5.32 Å². The number of aromatic nitrogens is 3. The monoisotopic (exact) mass is 385 g/mol. The van der Waals surface area contributed by atoms with Gasteiger partial charge in [-0.3, -0.25) is 0 Å². The largest absolute Gasteiger partial charge is 0.353 e. The zero-order valence-corrected chi connectivity index (χ0v) is 16.4. The van der Waals surface area contributed by atoms with Crippen molar-refractivity contribution < 1.29 is 8.42 Å². The molecule has 0 saturated carbocycles. The summed E-state index contributed by atoms with van der Waals surface area (Å²) in [7, 11) is -3.55. The molecule has 142 valence electrons. The molecule has 0 amide bonds. The first kappa shape index (κ1) is 19.0. The Morgan fingerprint density at radius 3 is 2.22 bits per heavy atom. The number of hydrogen-bond acceptors (Lipinski definition) is 5. The van der Waals surface area contributed by atoms with Crippen molar-refractivity contribution in [3.63, 3.8) is 0 Å². The predicted molar refractivity (Wildman–Crippen MR) is 106 cm³/mol. The van der Waals surface area contributed by atoms with Gasteiger partial charge in [0.25, 0.3) is 0 Å². The minimum atomic E-state index is -3.55. The van der Waals surface area contributed by atoms with Crippen LogP contribution in [-0.2, 0) is 9.84 Å². The molecule has 8 heteroatoms. The zero-order chi connectivity index (χ0) is 19.4. The number of aliphatic imine (C=N–C) groups is 1. The molecule has 0 bridgehead atoms. The number of benzene rings is 2. The molecular weight excluding hydrogens is 362 g/mol. The van der Waals surface area contributed by atoms with Crippen LogP contribution in [0.25, 0.3) is 11.0 Å². The number of aryl methyl sites for hydroxylation is 1. The third-order valence-electron chi connectivity index (χ3n) is 3.91. The summed E-state index contributed by atoms with van der Waals surface area (Å²) < 4.78 is 25.2. The van der Waals surface area contributed by atoms with Gasteiger partial charge in [-0.05, 0) is 37.1 Å². The van der Waals surface area contributed by atoms with Gasteiger partial charge < -0.3 is 5.32 Å². The fraction of sp³-hybridized carbons (Fsp3) is 0.316. The lowest BCUT2D eigenvalue weighted by Crippen LogP contribution is -2.35. The highest BCUT2D eigenvalue weighted by atomic mass is 32.2. The van der Waals surface area contributed by atoms with E-state index in [4.69, 9.17) is 0 Å². The minimum Gasteiger partial charge on any atom is -0.353 e. The number of rotatable bonds is 5. The SMILES string of the molecule is Cc1ccc(S(=O)(=O)C/N=C(\NCC(C)C)n2nc3ccccc3n2)cc1. The fourth-order valence-electron chi connectivity index (χ4n) is 2.41. The van der Waals surface area contributed by atoms with E-state index in [1.165, 1.54) is 4.80 Å². The molecule has 1 heterocycles. The third kappa shape index (κ3) is 4.71. The van der Waals surface area contributed by atoms with Crippen LogP contribution >= 0.6 is 0 Å². The van der Waals surface area contributed by atoms with Crippen molar-refractivity contribution in [1.29, 1.82) is 0 Å². The van der Waals surface area contributed by atoms with Crippen molar-refractivity contribution >= 4 is 26.8 Å². The molecule has 0 atom stereocenters. The molecule has 1 aromatic heterocycles. The van der Waals surface area contributed by atoms with Crippen LogP contribution in [0.2, 0.25) is 0 Å². The van der Waals surface area contributed by atoms with Crippen molar-refractivity contribution in [3.8, 4) is 0 Å². The summed E-state index contributed by atoms with van der Waals surface area (Å²) in [6.07, 6.45) is 0. The molecule has 0 fully saturated rings. The number of nitrogens with one attached hydrogen (secondary N) is 1. The van der Waals surface area contributed by atoms with Crippen molar-refractivity contribution in [1.82, 2.24) is 20.3 Å². The van der Waals surface area contributed by atoms with E-state index in [0.717, 1.165) is 16.6 Å². The van der Waals surface area contributed by atoms with Gasteiger partial charge in [0.05, 0.1) is 4.90 Å². The maximum atomic E-state index is 12.6. The predicted octanol–water partition coefficient (Wildman–Crippen LogP) is 2.62. The van der Waals surface area contributed by atoms with Crippen LogP contribution in [0.5, 0.6) is 0 Å². The summed E-state index contributed by atoms with van der Waals surface area (Å²) in [4.78, 5) is 5.89. The number of hydrogen-bond donors (Lipinski definition) is 1. The summed E-state index contributed by atoms with van der Waals surface area (Å²) in [5, 5.41) is 11.9. The minimum absolute atomic E-state index is 0.249. The highest BCUT2D eigenvalue weighted by Gasteiger charge is 2.16. The smallest absolute Gasteiger partial charge is 0.238 e. The van der Waals surface area contributed by atoms with E-state index < -0.39 is 9.84 Å². The van der Waals surface area contributed by atoms with Crippen molar-refractivity contribution in [3.05, 3.63) is 54.1 Å². The van der Waals surface area contributed by atoms with Crippen molar-refractivity contribution in [2.75, 3.05) is 12.4 Å². The van der Waals surface area contributed by atoms with Gasteiger partial charge in [-0.1, -0.05) is 43.7 Å². The Balaban J connectivity index is 1.91. The maximum Gasteiger partial charge on any atom is 0.238 e. The van der Waals surface area contributed by atoms with E-state index >= 15 is 0 Å². The van der Waals surface area contributed by atoms with Gasteiger partial charge in [-0.25, -0.2) is 13.4 Å². The number of fused-ring (bicyclic) bond motifs is 1. The van der Waals surface area contributed by atoms with Gasteiger partial charge >= 0.3 is 0 Å². The van der Waals surface area contributed by atoms with Crippen LogP contribution in [0.15, 0.2) is 58.4 Å². The van der Waals surface area contributed by atoms with Crippen molar-refractivity contribution in [2.24, 2.45) is 10.9 Å². The Hall–Kier alpha value is -2.74. The first-order valence-electron chi connectivity index (χ1n) is 8.75. The van der Waals surface area contributed by atoms with Gasteiger partial charge in [0.15, 0.2) is 9.84 Å². The van der Waals surface area contributed by atoms with Gasteiger partial charge in [0.1, 0.15) is 16.9 Å². The Labute approximate surface area is 159 Å². The van der Waals surface area contributed by atoms with Crippen LogP contribution in [-0.4, -0.2) is 41.8 Å². The quantitative estimate of drug-likeness (QED) is 0.539. The Bertz CT molecular complexity index is 1020. The van der Waals surface area contributed by atoms with Crippen LogP contribution in [0.3, 0.4) is 0 Å². The molecule has 3 aromatic rings. The molecule has 0 radical (unpaired) electrons. The Morgan fingerprint density at radius 2 is 1.67 bits per heavy atom. The average molecular weight is 385 g/mol. The van der Waals surface area contributed by atoms with Crippen LogP contribution in [0, 0.1) is 12.8 Å². The lowest BCUT2D eigenvalue weighted by atomic mass is 10.2. The van der Waals surface area contributed by atoms with Gasteiger partial charge in [-0.2, -0.15) is 0 Å². The highest BCUT2D eigenvalue weighted by molar-refractivity contribution is 7.91. The Kier molecular flexibility index (Phi) is 5.55. The lowest BCUT2D eigenvalue weighted by molar-refractivity contribution is 0.593. The summed E-state index contributed by atoms with van der Waals surface area (Å²) in [5.41, 5.74) is 2.44. The summed E-state index contributed by atoms with van der Waals surface area (Å²) >= 11 is 0. The van der Waals surface area contributed by atoms with E-state index in [1.807, 2.05) is 31.2 Å². The first-order valence-corrected chi connectivity index (χ1v) is 10.4. The van der Waals surface area contributed by atoms with E-state index in [0.29, 0.717) is 18.4 Å². The third-order valence-corrected chi connectivity index (χ3v) is 5.37. The molecular formula is C19H23N5O2S. The second-order valence-electron chi connectivity index (χ2n) is 6.79. The summed E-state index contributed by atoms with van der Waals surface area (Å²) in [5.74, 6) is 0.290. The van der Waals surface area contributed by atoms with Gasteiger partial charge in [0, 0.05) is 6.54 Å². The second kappa shape index (κ2) is 7.87. The molecule has 7 nitrogen and oxygen atoms in total. The molecule has 1 N–H and O–H groups in total. The zero-order valence-electron chi connectivity index (χ0n) is 15.6. The maximum absolute atomic E-state index is 12.6. The van der Waals surface area contributed by atoms with E-state index in [-0.39, 0.29) is 10.8 Å². The highest BCUT2D eigenvalue weighted by Crippen LogP contribution is 2.13. The van der Waals surface area contributed by atoms with Gasteiger partial charge in [-0.15, -0.1) is 15.0 Å². The van der Waals surface area contributed by atoms with Gasteiger partial charge in [0.2, 0.25) is 5.96 Å².